The Morgan fingerprint density at radius 3 is 2.35 bits per heavy atom. The second kappa shape index (κ2) is 7.43. The molecule has 3 heteroatoms. The molecule has 1 N–H and O–H groups in total. The summed E-state index contributed by atoms with van der Waals surface area (Å²) in [4.78, 5) is 2.26. The fraction of sp³-hybridized carbons (Fsp3) is 0.294. The van der Waals surface area contributed by atoms with Crippen LogP contribution in [0, 0.1) is 0 Å². The van der Waals surface area contributed by atoms with Gasteiger partial charge in [-0.2, -0.15) is 0 Å². The van der Waals surface area contributed by atoms with E-state index >= 15 is 0 Å². The van der Waals surface area contributed by atoms with Gasteiger partial charge < -0.3 is 15.0 Å². The first-order chi connectivity index (χ1) is 9.79. The van der Waals surface area contributed by atoms with Crippen molar-refractivity contribution >= 4 is 11.4 Å². The third-order valence-corrected chi connectivity index (χ3v) is 3.29. The zero-order valence-electron chi connectivity index (χ0n) is 12.2. The number of benzene rings is 2. The number of nitrogens with one attached hydrogen (secondary N) is 1. The van der Waals surface area contributed by atoms with Gasteiger partial charge in [-0.05, 0) is 42.8 Å². The Kier molecular flexibility index (Phi) is 5.30. The van der Waals surface area contributed by atoms with Crippen molar-refractivity contribution in [3.05, 3.63) is 54.6 Å². The van der Waals surface area contributed by atoms with Gasteiger partial charge in [0.05, 0.1) is 7.11 Å². The Morgan fingerprint density at radius 2 is 1.70 bits per heavy atom. The molecule has 0 fully saturated rings. The molecule has 0 aromatic heterocycles. The van der Waals surface area contributed by atoms with Gasteiger partial charge in [0.25, 0.3) is 0 Å². The van der Waals surface area contributed by atoms with E-state index in [1.165, 1.54) is 11.4 Å². The van der Waals surface area contributed by atoms with Crippen molar-refractivity contribution < 1.29 is 4.74 Å². The van der Waals surface area contributed by atoms with Crippen LogP contribution in [0.2, 0.25) is 0 Å². The molecule has 0 saturated heterocycles. The van der Waals surface area contributed by atoms with Crippen molar-refractivity contribution in [2.75, 3.05) is 37.5 Å². The predicted octanol–water partition coefficient (Wildman–Crippen LogP) is 3.63. The molecule has 0 atom stereocenters. The van der Waals surface area contributed by atoms with Crippen molar-refractivity contribution in [3.63, 3.8) is 0 Å². The number of rotatable bonds is 7. The third kappa shape index (κ3) is 4.19. The van der Waals surface area contributed by atoms with Crippen LogP contribution in [0.15, 0.2) is 54.6 Å². The summed E-state index contributed by atoms with van der Waals surface area (Å²) >= 11 is 0. The van der Waals surface area contributed by atoms with Crippen LogP contribution in [0.5, 0.6) is 5.75 Å². The van der Waals surface area contributed by atoms with E-state index in [1.54, 1.807) is 7.11 Å². The van der Waals surface area contributed by atoms with E-state index in [-0.39, 0.29) is 0 Å². The lowest BCUT2D eigenvalue weighted by atomic mass is 10.2. The van der Waals surface area contributed by atoms with E-state index in [4.69, 9.17) is 4.74 Å². The smallest absolute Gasteiger partial charge is 0.119 e. The summed E-state index contributed by atoms with van der Waals surface area (Å²) in [5.41, 5.74) is 2.39. The fourth-order valence-corrected chi connectivity index (χ4v) is 2.07. The van der Waals surface area contributed by atoms with E-state index in [2.05, 4.69) is 41.5 Å². The summed E-state index contributed by atoms with van der Waals surface area (Å²) in [6.45, 7) is 2.00. The molecule has 0 aliphatic rings. The zero-order valence-corrected chi connectivity index (χ0v) is 12.2. The number of hydrogen-bond donors (Lipinski definition) is 1. The summed E-state index contributed by atoms with van der Waals surface area (Å²) in [5, 5.41) is 3.42. The van der Waals surface area contributed by atoms with Crippen LogP contribution in [-0.2, 0) is 0 Å². The molecule has 0 aliphatic carbocycles. The summed E-state index contributed by atoms with van der Waals surface area (Å²) in [6, 6.07) is 18.5. The van der Waals surface area contributed by atoms with Crippen LogP contribution in [0.4, 0.5) is 11.4 Å². The molecule has 2 aromatic carbocycles. The molecule has 20 heavy (non-hydrogen) atoms. The maximum absolute atomic E-state index is 5.17. The van der Waals surface area contributed by atoms with Gasteiger partial charge in [-0.25, -0.2) is 0 Å². The van der Waals surface area contributed by atoms with Crippen LogP contribution in [-0.4, -0.2) is 27.2 Å². The molecule has 0 radical (unpaired) electrons. The van der Waals surface area contributed by atoms with Crippen LogP contribution in [0.1, 0.15) is 6.42 Å². The molecule has 0 bridgehead atoms. The molecule has 2 aromatic rings. The van der Waals surface area contributed by atoms with Crippen LogP contribution in [0.3, 0.4) is 0 Å². The van der Waals surface area contributed by atoms with E-state index in [0.29, 0.717) is 0 Å². The van der Waals surface area contributed by atoms with Gasteiger partial charge in [0, 0.05) is 31.5 Å². The highest BCUT2D eigenvalue weighted by Gasteiger charge is 2.00. The zero-order chi connectivity index (χ0) is 14.2. The van der Waals surface area contributed by atoms with Crippen molar-refractivity contribution in [3.8, 4) is 5.75 Å². The maximum atomic E-state index is 5.17. The topological polar surface area (TPSA) is 24.5 Å². The molecule has 0 amide bonds. The lowest BCUT2D eigenvalue weighted by Crippen LogP contribution is -2.20. The quantitative estimate of drug-likeness (QED) is 0.777. The summed E-state index contributed by atoms with van der Waals surface area (Å²) in [7, 11) is 3.80. The van der Waals surface area contributed by atoms with Gasteiger partial charge in [-0.15, -0.1) is 0 Å². The molecule has 3 nitrogen and oxygen atoms in total. The standard InChI is InChI=1S/C17H22N2O/c1-19(16-9-11-17(20-2)12-10-16)14-6-13-18-15-7-4-3-5-8-15/h3-5,7-12,18H,6,13-14H2,1-2H3. The predicted molar refractivity (Wildman–Crippen MR) is 85.8 cm³/mol. The van der Waals surface area contributed by atoms with Gasteiger partial charge in [0.1, 0.15) is 5.75 Å². The molecule has 0 saturated carbocycles. The third-order valence-electron chi connectivity index (χ3n) is 3.29. The lowest BCUT2D eigenvalue weighted by molar-refractivity contribution is 0.415. The first-order valence-corrected chi connectivity index (χ1v) is 6.94. The molecule has 0 aliphatic heterocycles. The van der Waals surface area contributed by atoms with Crippen LogP contribution >= 0.6 is 0 Å². The van der Waals surface area contributed by atoms with E-state index in [0.717, 1.165) is 25.3 Å². The van der Waals surface area contributed by atoms with E-state index < -0.39 is 0 Å². The van der Waals surface area contributed by atoms with Crippen molar-refractivity contribution in [2.45, 2.75) is 6.42 Å². The molecular weight excluding hydrogens is 248 g/mol. The minimum absolute atomic E-state index is 0.896. The Hall–Kier alpha value is -2.16. The second-order valence-electron chi connectivity index (χ2n) is 4.77. The van der Waals surface area contributed by atoms with E-state index in [1.807, 2.05) is 30.3 Å². The number of anilines is 2. The fourth-order valence-electron chi connectivity index (χ4n) is 2.07. The highest BCUT2D eigenvalue weighted by Crippen LogP contribution is 2.18. The van der Waals surface area contributed by atoms with Gasteiger partial charge in [-0.3, -0.25) is 0 Å². The summed E-state index contributed by atoms with van der Waals surface area (Å²) < 4.78 is 5.17. The molecular formula is C17H22N2O. The first-order valence-electron chi connectivity index (χ1n) is 6.94. The minimum Gasteiger partial charge on any atom is -0.497 e. The average Bonchev–Trinajstić information content (AvgIpc) is 2.52. The molecule has 0 unspecified atom stereocenters. The molecule has 0 heterocycles. The van der Waals surface area contributed by atoms with Crippen molar-refractivity contribution in [1.29, 1.82) is 0 Å². The van der Waals surface area contributed by atoms with Crippen molar-refractivity contribution in [2.24, 2.45) is 0 Å². The number of ether oxygens (including phenoxy) is 1. The monoisotopic (exact) mass is 270 g/mol. The molecule has 2 rings (SSSR count). The normalized spacial score (nSPS) is 10.1. The number of methoxy groups -OCH3 is 1. The first kappa shape index (κ1) is 14.3. The minimum atomic E-state index is 0.896. The Balaban J connectivity index is 1.73. The Morgan fingerprint density at radius 1 is 1.00 bits per heavy atom. The summed E-state index contributed by atoms with van der Waals surface area (Å²) in [6.07, 6.45) is 1.09. The highest BCUT2D eigenvalue weighted by molar-refractivity contribution is 5.48. The van der Waals surface area contributed by atoms with Gasteiger partial charge in [0.2, 0.25) is 0 Å². The number of nitrogens with zero attached hydrogens (tertiary/aromatic N) is 1. The second-order valence-corrected chi connectivity index (χ2v) is 4.77. The average molecular weight is 270 g/mol. The maximum Gasteiger partial charge on any atom is 0.119 e. The van der Waals surface area contributed by atoms with Crippen LogP contribution < -0.4 is 15.0 Å². The van der Waals surface area contributed by atoms with Gasteiger partial charge in [0.15, 0.2) is 0 Å². The highest BCUT2D eigenvalue weighted by atomic mass is 16.5. The SMILES string of the molecule is COc1ccc(N(C)CCCNc2ccccc2)cc1. The lowest BCUT2D eigenvalue weighted by Gasteiger charge is -2.19. The molecule has 106 valence electrons. The number of para-hydroxylation sites is 1. The van der Waals surface area contributed by atoms with E-state index in [9.17, 15) is 0 Å². The Labute approximate surface area is 121 Å². The van der Waals surface area contributed by atoms with Crippen LogP contribution in [0.25, 0.3) is 0 Å². The summed E-state index contributed by atoms with van der Waals surface area (Å²) in [5.74, 6) is 0.896. The number of hydrogen-bond acceptors (Lipinski definition) is 3. The van der Waals surface area contributed by atoms with Gasteiger partial charge in [-0.1, -0.05) is 18.2 Å². The van der Waals surface area contributed by atoms with Crippen molar-refractivity contribution in [1.82, 2.24) is 0 Å². The van der Waals surface area contributed by atoms with Gasteiger partial charge >= 0.3 is 0 Å². The molecule has 0 spiro atoms. The largest absolute Gasteiger partial charge is 0.497 e. The Bertz CT molecular complexity index is 496.